The molecule has 1 aliphatic rings. The van der Waals surface area contributed by atoms with Gasteiger partial charge in [0.1, 0.15) is 28.9 Å². The zero-order valence-electron chi connectivity index (χ0n) is 25.2. The number of nitrogens with zero attached hydrogens (tertiary/aromatic N) is 3. The Labute approximate surface area is 256 Å². The van der Waals surface area contributed by atoms with Crippen LogP contribution >= 0.6 is 0 Å². The van der Waals surface area contributed by atoms with Crippen LogP contribution in [0.5, 0.6) is 5.75 Å². The van der Waals surface area contributed by atoms with E-state index >= 15 is 8.78 Å². The molecule has 5 rings (SSSR count). The number of fused-ring (bicyclic) bond motifs is 1. The smallest absolute Gasteiger partial charge is 0.262 e. The van der Waals surface area contributed by atoms with Crippen molar-refractivity contribution in [1.29, 1.82) is 0 Å². The van der Waals surface area contributed by atoms with Crippen molar-refractivity contribution < 1.29 is 26.7 Å². The van der Waals surface area contributed by atoms with E-state index in [4.69, 9.17) is 20.3 Å². The normalized spacial score (nSPS) is 17.3. The van der Waals surface area contributed by atoms with Crippen LogP contribution in [0.4, 0.5) is 20.3 Å². The number of methoxy groups -OCH3 is 2. The first-order valence-electron chi connectivity index (χ1n) is 14.6. The van der Waals surface area contributed by atoms with Crippen molar-refractivity contribution >= 4 is 32.4 Å². The average molecular weight is 629 g/mol. The molecule has 1 saturated carbocycles. The topological polar surface area (TPSA) is 133 Å². The fraction of sp³-hybridized carbons (Fsp3) is 0.419. The van der Waals surface area contributed by atoms with Gasteiger partial charge in [0.15, 0.2) is 0 Å². The molecule has 1 aliphatic carbocycles. The molecule has 13 heteroatoms. The minimum Gasteiger partial charge on any atom is -0.497 e. The maximum Gasteiger partial charge on any atom is 0.262 e. The molecule has 0 radical (unpaired) electrons. The van der Waals surface area contributed by atoms with Gasteiger partial charge in [-0.2, -0.15) is 5.10 Å². The molecule has 0 spiro atoms. The molecule has 4 N–H and O–H groups in total. The van der Waals surface area contributed by atoms with Gasteiger partial charge in [-0.1, -0.05) is 6.07 Å². The first kappa shape index (κ1) is 31.6. The Kier molecular flexibility index (Phi) is 9.37. The molecule has 2 heterocycles. The van der Waals surface area contributed by atoms with E-state index in [0.29, 0.717) is 23.8 Å². The fourth-order valence-corrected chi connectivity index (χ4v) is 6.92. The van der Waals surface area contributed by atoms with Crippen LogP contribution in [0.15, 0.2) is 47.5 Å². The van der Waals surface area contributed by atoms with Crippen molar-refractivity contribution in [1.82, 2.24) is 20.1 Å². The molecule has 236 valence electrons. The second kappa shape index (κ2) is 13.0. The number of nitrogens with two attached hydrogens (primary N) is 1. The molecule has 2 aromatic carbocycles. The van der Waals surface area contributed by atoms with E-state index in [-0.39, 0.29) is 33.9 Å². The lowest BCUT2D eigenvalue weighted by molar-refractivity contribution is 0.191. The number of pyridine rings is 1. The monoisotopic (exact) mass is 628 g/mol. The number of halogens is 2. The Balaban J connectivity index is 1.51. The number of ether oxygens (including phenoxy) is 2. The standard InChI is InChI=1S/C31H38F2N6O4S/c1-18(2)39-30-24(19-8-10-20(11-9-19)35-12-13-42-3)17-36-31(34)28(30)29(37-39)23-15-26(33)27(16-25(23)32)38-44(40,41)22-7-5-6-21(14-22)43-4/h5-7,14-20,35,38H,8-13H2,1-4H3,(H2,34,36)/t19-,20-. The average Bonchev–Trinajstić information content (AvgIpc) is 3.41. The molecule has 0 atom stereocenters. The Morgan fingerprint density at radius 2 is 1.84 bits per heavy atom. The highest BCUT2D eigenvalue weighted by molar-refractivity contribution is 7.92. The lowest BCUT2D eigenvalue weighted by Gasteiger charge is -2.30. The van der Waals surface area contributed by atoms with E-state index in [2.05, 4.69) is 15.0 Å². The largest absolute Gasteiger partial charge is 0.497 e. The third-order valence-corrected chi connectivity index (χ3v) is 9.45. The predicted octanol–water partition coefficient (Wildman–Crippen LogP) is 5.61. The van der Waals surface area contributed by atoms with E-state index < -0.39 is 27.3 Å². The van der Waals surface area contributed by atoms with E-state index in [1.165, 1.54) is 25.3 Å². The number of anilines is 2. The summed E-state index contributed by atoms with van der Waals surface area (Å²) >= 11 is 0. The van der Waals surface area contributed by atoms with Gasteiger partial charge in [-0.05, 0) is 69.2 Å². The lowest BCUT2D eigenvalue weighted by atomic mass is 9.81. The summed E-state index contributed by atoms with van der Waals surface area (Å²) in [5.41, 5.74) is 7.57. The second-order valence-corrected chi connectivity index (χ2v) is 13.0. The summed E-state index contributed by atoms with van der Waals surface area (Å²) in [6.07, 6.45) is 5.59. The predicted molar refractivity (Wildman–Crippen MR) is 166 cm³/mol. The number of rotatable bonds is 11. The highest BCUT2D eigenvalue weighted by Crippen LogP contribution is 2.42. The number of hydrogen-bond donors (Lipinski definition) is 3. The van der Waals surface area contributed by atoms with E-state index in [0.717, 1.165) is 55.4 Å². The molecule has 0 unspecified atom stereocenters. The summed E-state index contributed by atoms with van der Waals surface area (Å²) in [5.74, 6) is -1.18. The molecule has 1 fully saturated rings. The molecule has 0 aliphatic heterocycles. The van der Waals surface area contributed by atoms with Crippen LogP contribution < -0.4 is 20.5 Å². The number of aromatic nitrogens is 3. The van der Waals surface area contributed by atoms with Gasteiger partial charge in [0.25, 0.3) is 10.0 Å². The van der Waals surface area contributed by atoms with Gasteiger partial charge < -0.3 is 20.5 Å². The van der Waals surface area contributed by atoms with E-state index in [1.807, 2.05) is 13.8 Å². The van der Waals surface area contributed by atoms with Crippen LogP contribution in [0, 0.1) is 11.6 Å². The summed E-state index contributed by atoms with van der Waals surface area (Å²) in [6.45, 7) is 5.37. The molecular weight excluding hydrogens is 590 g/mol. The second-order valence-electron chi connectivity index (χ2n) is 11.3. The van der Waals surface area contributed by atoms with Crippen LogP contribution in [-0.2, 0) is 14.8 Å². The lowest BCUT2D eigenvalue weighted by Crippen LogP contribution is -2.34. The minimum absolute atomic E-state index is 0.110. The van der Waals surface area contributed by atoms with Crippen LogP contribution in [-0.4, -0.2) is 56.6 Å². The van der Waals surface area contributed by atoms with Gasteiger partial charge in [0.2, 0.25) is 0 Å². The summed E-state index contributed by atoms with van der Waals surface area (Å²) in [4.78, 5) is 4.30. The van der Waals surface area contributed by atoms with Crippen molar-refractivity contribution in [3.8, 4) is 17.0 Å². The van der Waals surface area contributed by atoms with Gasteiger partial charge in [0.05, 0.1) is 35.2 Å². The summed E-state index contributed by atoms with van der Waals surface area (Å²) in [5, 5.41) is 8.71. The molecule has 0 saturated heterocycles. The van der Waals surface area contributed by atoms with Crippen LogP contribution in [0.3, 0.4) is 0 Å². The Morgan fingerprint density at radius 3 is 2.52 bits per heavy atom. The van der Waals surface area contributed by atoms with Gasteiger partial charge in [-0.15, -0.1) is 0 Å². The zero-order valence-corrected chi connectivity index (χ0v) is 26.0. The van der Waals surface area contributed by atoms with Gasteiger partial charge in [-0.25, -0.2) is 22.2 Å². The van der Waals surface area contributed by atoms with Crippen molar-refractivity contribution in [2.24, 2.45) is 0 Å². The number of hydrogen-bond acceptors (Lipinski definition) is 8. The van der Waals surface area contributed by atoms with Crippen LogP contribution in [0.25, 0.3) is 22.2 Å². The number of sulfonamides is 1. The highest BCUT2D eigenvalue weighted by Gasteiger charge is 2.29. The molecule has 0 bridgehead atoms. The van der Waals surface area contributed by atoms with Crippen molar-refractivity contribution in [3.05, 3.63) is 59.8 Å². The molecular formula is C31H38F2N6O4S. The van der Waals surface area contributed by atoms with Crippen molar-refractivity contribution in [3.63, 3.8) is 0 Å². The molecule has 0 amide bonds. The Bertz CT molecular complexity index is 1750. The Morgan fingerprint density at radius 1 is 1.09 bits per heavy atom. The SMILES string of the molecule is COCCN[C@H]1CC[C@H](c2cnc(N)c3c(-c4cc(F)c(NS(=O)(=O)c5cccc(OC)c5)cc4F)nn(C(C)C)c32)CC1. The number of nitrogen functional groups attached to an aromatic ring is 1. The fourth-order valence-electron chi connectivity index (χ4n) is 5.83. The third-order valence-electron chi connectivity index (χ3n) is 8.09. The summed E-state index contributed by atoms with van der Waals surface area (Å²) < 4.78 is 71.3. The summed E-state index contributed by atoms with van der Waals surface area (Å²) in [7, 11) is -1.15. The van der Waals surface area contributed by atoms with Gasteiger partial charge in [-0.3, -0.25) is 9.40 Å². The summed E-state index contributed by atoms with van der Waals surface area (Å²) in [6, 6.07) is 7.72. The maximum atomic E-state index is 15.8. The molecule has 10 nitrogen and oxygen atoms in total. The van der Waals surface area contributed by atoms with Gasteiger partial charge in [0, 0.05) is 49.6 Å². The zero-order chi connectivity index (χ0) is 31.6. The molecule has 4 aromatic rings. The number of nitrogens with one attached hydrogen (secondary N) is 2. The first-order chi connectivity index (χ1) is 21.0. The van der Waals surface area contributed by atoms with E-state index in [9.17, 15) is 8.42 Å². The Hall–Kier alpha value is -3.81. The third kappa shape index (κ3) is 6.35. The van der Waals surface area contributed by atoms with Crippen molar-refractivity contribution in [2.75, 3.05) is 37.8 Å². The minimum atomic E-state index is -4.24. The maximum absolute atomic E-state index is 15.8. The number of benzene rings is 2. The van der Waals surface area contributed by atoms with E-state index in [1.54, 1.807) is 24.1 Å². The van der Waals surface area contributed by atoms with Gasteiger partial charge >= 0.3 is 0 Å². The molecule has 44 heavy (non-hydrogen) atoms. The quantitative estimate of drug-likeness (QED) is 0.183. The molecule has 2 aromatic heterocycles. The van der Waals surface area contributed by atoms with Crippen LogP contribution in [0.1, 0.15) is 57.1 Å². The first-order valence-corrected chi connectivity index (χ1v) is 16.1. The van der Waals surface area contributed by atoms with Crippen molar-refractivity contribution in [2.45, 2.75) is 62.4 Å². The highest BCUT2D eigenvalue weighted by atomic mass is 32.2. The van der Waals surface area contributed by atoms with Crippen LogP contribution in [0.2, 0.25) is 0 Å².